The van der Waals surface area contributed by atoms with Crippen molar-refractivity contribution in [2.24, 2.45) is 5.10 Å². The first kappa shape index (κ1) is 20.4. The molecule has 0 amide bonds. The molecule has 0 aliphatic carbocycles. The number of anilines is 1. The third kappa shape index (κ3) is 5.14. The van der Waals surface area contributed by atoms with Crippen LogP contribution in [0.3, 0.4) is 0 Å². The minimum Gasteiger partial charge on any atom is -0.493 e. The van der Waals surface area contributed by atoms with Crippen LogP contribution in [0.25, 0.3) is 0 Å². The van der Waals surface area contributed by atoms with Crippen LogP contribution in [0.15, 0.2) is 41.5 Å². The first-order chi connectivity index (χ1) is 14.1. The number of rotatable bonds is 8. The third-order valence-electron chi connectivity index (χ3n) is 4.58. The first-order valence-corrected chi connectivity index (χ1v) is 9.20. The van der Waals surface area contributed by atoms with Crippen molar-refractivity contribution in [3.63, 3.8) is 0 Å². The standard InChI is InChI=1S/C20H24N4O5/c1-27-19-6-4-16(12-20(19)28-2)14-22-21-13-15-3-5-17(18(11-15)24(25)26)23-7-9-29-10-8-23/h3-6,11-13,22H,7-10,14H2,1-2H3/b21-13-. The van der Waals surface area contributed by atoms with Gasteiger partial charge in [-0.3, -0.25) is 10.1 Å². The highest BCUT2D eigenvalue weighted by Crippen LogP contribution is 2.29. The SMILES string of the molecule is COc1ccc(CN/N=C\c2ccc(N3CCOCC3)c([N+](=O)[O-])c2)cc1OC. The molecule has 29 heavy (non-hydrogen) atoms. The van der Waals surface area contributed by atoms with E-state index in [1.165, 1.54) is 6.07 Å². The van der Waals surface area contributed by atoms with Crippen LogP contribution in [0, 0.1) is 10.1 Å². The van der Waals surface area contributed by atoms with E-state index in [1.807, 2.05) is 29.2 Å². The molecule has 9 heteroatoms. The van der Waals surface area contributed by atoms with Gasteiger partial charge in [0.05, 0.1) is 45.1 Å². The summed E-state index contributed by atoms with van der Waals surface area (Å²) >= 11 is 0. The van der Waals surface area contributed by atoms with E-state index in [9.17, 15) is 10.1 Å². The van der Waals surface area contributed by atoms with Crippen LogP contribution in [0.4, 0.5) is 11.4 Å². The molecule has 0 unspecified atom stereocenters. The fourth-order valence-electron chi connectivity index (χ4n) is 3.09. The normalized spacial score (nSPS) is 14.1. The summed E-state index contributed by atoms with van der Waals surface area (Å²) in [6.45, 7) is 2.90. The highest BCUT2D eigenvalue weighted by molar-refractivity contribution is 5.83. The lowest BCUT2D eigenvalue weighted by Crippen LogP contribution is -2.36. The van der Waals surface area contributed by atoms with Gasteiger partial charge >= 0.3 is 0 Å². The second-order valence-electron chi connectivity index (χ2n) is 6.39. The molecule has 2 aromatic rings. The maximum atomic E-state index is 11.5. The molecule has 0 saturated carbocycles. The van der Waals surface area contributed by atoms with E-state index in [0.717, 1.165) is 5.56 Å². The molecule has 1 aliphatic rings. The van der Waals surface area contributed by atoms with Gasteiger partial charge in [0.25, 0.3) is 5.69 Å². The van der Waals surface area contributed by atoms with Crippen LogP contribution in [0.5, 0.6) is 11.5 Å². The van der Waals surface area contributed by atoms with Crippen LogP contribution in [-0.2, 0) is 11.3 Å². The fraction of sp³-hybridized carbons (Fsp3) is 0.350. The monoisotopic (exact) mass is 400 g/mol. The van der Waals surface area contributed by atoms with Gasteiger partial charge in [-0.25, -0.2) is 0 Å². The Morgan fingerprint density at radius 2 is 1.93 bits per heavy atom. The molecule has 154 valence electrons. The largest absolute Gasteiger partial charge is 0.493 e. The van der Waals surface area contributed by atoms with E-state index in [1.54, 1.807) is 26.5 Å². The van der Waals surface area contributed by atoms with Gasteiger partial charge in [0, 0.05) is 24.7 Å². The molecule has 1 N–H and O–H groups in total. The lowest BCUT2D eigenvalue weighted by atomic mass is 10.1. The number of nitrogens with zero attached hydrogens (tertiary/aromatic N) is 3. The zero-order valence-corrected chi connectivity index (χ0v) is 16.5. The summed E-state index contributed by atoms with van der Waals surface area (Å²) in [6, 6.07) is 10.7. The Labute approximate surface area is 169 Å². The maximum Gasteiger partial charge on any atom is 0.293 e. The molecule has 1 heterocycles. The Hall–Kier alpha value is -3.33. The van der Waals surface area contributed by atoms with Crippen LogP contribution >= 0.6 is 0 Å². The minimum absolute atomic E-state index is 0.0655. The van der Waals surface area contributed by atoms with Crippen LogP contribution in [0.2, 0.25) is 0 Å². The number of nitro groups is 1. The molecule has 0 atom stereocenters. The predicted molar refractivity (Wildman–Crippen MR) is 110 cm³/mol. The van der Waals surface area contributed by atoms with Crippen molar-refractivity contribution < 1.29 is 19.1 Å². The Balaban J connectivity index is 1.66. The molecule has 9 nitrogen and oxygen atoms in total. The van der Waals surface area contributed by atoms with Crippen molar-refractivity contribution in [3.05, 3.63) is 57.6 Å². The van der Waals surface area contributed by atoms with E-state index in [4.69, 9.17) is 14.2 Å². The van der Waals surface area contributed by atoms with Crippen LogP contribution in [0.1, 0.15) is 11.1 Å². The summed E-state index contributed by atoms with van der Waals surface area (Å²) in [5.41, 5.74) is 5.23. The Bertz CT molecular complexity index is 881. The summed E-state index contributed by atoms with van der Waals surface area (Å²) < 4.78 is 15.8. The molecule has 3 rings (SSSR count). The van der Waals surface area contributed by atoms with Crippen molar-refractivity contribution in [2.75, 3.05) is 45.4 Å². The number of ether oxygens (including phenoxy) is 3. The van der Waals surface area contributed by atoms with E-state index in [-0.39, 0.29) is 10.6 Å². The van der Waals surface area contributed by atoms with Gasteiger partial charge in [-0.1, -0.05) is 12.1 Å². The van der Waals surface area contributed by atoms with Gasteiger partial charge in [0.15, 0.2) is 11.5 Å². The number of hydrogen-bond donors (Lipinski definition) is 1. The minimum atomic E-state index is -0.362. The average Bonchev–Trinajstić information content (AvgIpc) is 2.77. The second kappa shape index (κ2) is 9.74. The number of hydrogen-bond acceptors (Lipinski definition) is 8. The maximum absolute atomic E-state index is 11.5. The summed E-state index contributed by atoms with van der Waals surface area (Å²) in [7, 11) is 3.17. The molecular weight excluding hydrogens is 376 g/mol. The van der Waals surface area contributed by atoms with Crippen molar-refractivity contribution in [3.8, 4) is 11.5 Å². The molecule has 0 bridgehead atoms. The number of methoxy groups -OCH3 is 2. The molecule has 1 fully saturated rings. The van der Waals surface area contributed by atoms with Crippen molar-refractivity contribution >= 4 is 17.6 Å². The van der Waals surface area contributed by atoms with Gasteiger partial charge in [-0.05, 0) is 23.8 Å². The lowest BCUT2D eigenvalue weighted by molar-refractivity contribution is -0.384. The quantitative estimate of drug-likeness (QED) is 0.413. The molecule has 0 aromatic heterocycles. The topological polar surface area (TPSA) is 98.5 Å². The summed E-state index contributed by atoms with van der Waals surface area (Å²) in [6.07, 6.45) is 1.57. The van der Waals surface area contributed by atoms with Crippen molar-refractivity contribution in [2.45, 2.75) is 6.54 Å². The molecule has 1 aliphatic heterocycles. The number of nitro benzene ring substituents is 1. The molecule has 2 aromatic carbocycles. The lowest BCUT2D eigenvalue weighted by Gasteiger charge is -2.28. The van der Waals surface area contributed by atoms with E-state index < -0.39 is 0 Å². The van der Waals surface area contributed by atoms with E-state index in [2.05, 4.69) is 10.5 Å². The van der Waals surface area contributed by atoms with E-state index >= 15 is 0 Å². The van der Waals surface area contributed by atoms with Crippen molar-refractivity contribution in [1.82, 2.24) is 5.43 Å². The van der Waals surface area contributed by atoms with Gasteiger partial charge in [-0.2, -0.15) is 5.10 Å². The Morgan fingerprint density at radius 3 is 2.62 bits per heavy atom. The number of benzene rings is 2. The number of hydrazone groups is 1. The van der Waals surface area contributed by atoms with E-state index in [0.29, 0.717) is 55.6 Å². The summed E-state index contributed by atoms with van der Waals surface area (Å²) in [4.78, 5) is 13.1. The smallest absolute Gasteiger partial charge is 0.293 e. The first-order valence-electron chi connectivity index (χ1n) is 9.20. The zero-order chi connectivity index (χ0) is 20.6. The Morgan fingerprint density at radius 1 is 1.17 bits per heavy atom. The van der Waals surface area contributed by atoms with Gasteiger partial charge in [-0.15, -0.1) is 0 Å². The third-order valence-corrected chi connectivity index (χ3v) is 4.58. The number of morpholine rings is 1. The highest BCUT2D eigenvalue weighted by Gasteiger charge is 2.21. The Kier molecular flexibility index (Phi) is 6.85. The second-order valence-corrected chi connectivity index (χ2v) is 6.39. The van der Waals surface area contributed by atoms with Crippen LogP contribution < -0.4 is 19.8 Å². The average molecular weight is 400 g/mol. The van der Waals surface area contributed by atoms with Gasteiger partial charge in [0.2, 0.25) is 0 Å². The summed E-state index contributed by atoms with van der Waals surface area (Å²) in [5.74, 6) is 1.30. The number of nitrogens with one attached hydrogen (secondary N) is 1. The van der Waals surface area contributed by atoms with Gasteiger partial charge in [0.1, 0.15) is 5.69 Å². The highest BCUT2D eigenvalue weighted by atomic mass is 16.6. The fourth-order valence-corrected chi connectivity index (χ4v) is 3.09. The van der Waals surface area contributed by atoms with Gasteiger partial charge < -0.3 is 24.5 Å². The van der Waals surface area contributed by atoms with Crippen molar-refractivity contribution in [1.29, 1.82) is 0 Å². The van der Waals surface area contributed by atoms with Crippen LogP contribution in [-0.4, -0.2) is 51.7 Å². The molecule has 0 spiro atoms. The molecule has 1 saturated heterocycles. The zero-order valence-electron chi connectivity index (χ0n) is 16.5. The predicted octanol–water partition coefficient (Wildman–Crippen LogP) is 2.57. The molecule has 0 radical (unpaired) electrons. The molecular formula is C20H24N4O5. The summed E-state index contributed by atoms with van der Waals surface area (Å²) in [5, 5.41) is 15.7.